The number of benzene rings is 1. The van der Waals surface area contributed by atoms with E-state index in [1.54, 1.807) is 6.07 Å². The molecule has 126 valence electrons. The van der Waals surface area contributed by atoms with E-state index in [1.807, 2.05) is 0 Å². The number of hydrogen-bond donors (Lipinski definition) is 2. The molecule has 0 bridgehead atoms. The Hall–Kier alpha value is -2.65. The second-order valence-electron chi connectivity index (χ2n) is 5.09. The van der Waals surface area contributed by atoms with Gasteiger partial charge in [0.2, 0.25) is 10.0 Å². The molecular weight excluding hydrogens is 336 g/mol. The minimum absolute atomic E-state index is 0.0156. The lowest BCUT2D eigenvalue weighted by atomic mass is 10.3. The quantitative estimate of drug-likeness (QED) is 0.781. The van der Waals surface area contributed by atoms with Crippen LogP contribution in [0, 0.1) is 0 Å². The SMILES string of the molecule is O=C(Nc1ccc(S(=O)(=O)N[C@H]2CCOC2=O)cc1)c1ccco1. The van der Waals surface area contributed by atoms with Gasteiger partial charge in [-0.15, -0.1) is 0 Å². The van der Waals surface area contributed by atoms with Crippen LogP contribution in [0.25, 0.3) is 0 Å². The summed E-state index contributed by atoms with van der Waals surface area (Å²) in [5.74, 6) is -0.878. The van der Waals surface area contributed by atoms with E-state index < -0.39 is 27.9 Å². The lowest BCUT2D eigenvalue weighted by Crippen LogP contribution is -2.37. The summed E-state index contributed by atoms with van der Waals surface area (Å²) < 4.78 is 36.5. The van der Waals surface area contributed by atoms with Crippen molar-refractivity contribution < 1.29 is 27.2 Å². The highest BCUT2D eigenvalue weighted by molar-refractivity contribution is 7.89. The molecule has 1 aromatic carbocycles. The molecule has 3 rings (SSSR count). The zero-order valence-corrected chi connectivity index (χ0v) is 13.2. The van der Waals surface area contributed by atoms with Crippen LogP contribution in [0.15, 0.2) is 52.0 Å². The summed E-state index contributed by atoms with van der Waals surface area (Å²) >= 11 is 0. The third kappa shape index (κ3) is 3.47. The minimum atomic E-state index is -3.85. The Bertz CT molecular complexity index is 843. The zero-order chi connectivity index (χ0) is 17.2. The van der Waals surface area contributed by atoms with E-state index in [9.17, 15) is 18.0 Å². The molecule has 0 aliphatic carbocycles. The predicted molar refractivity (Wildman–Crippen MR) is 82.8 cm³/mol. The molecule has 1 amide bonds. The average Bonchev–Trinajstić information content (AvgIpc) is 3.20. The maximum absolute atomic E-state index is 12.2. The van der Waals surface area contributed by atoms with E-state index in [2.05, 4.69) is 10.0 Å². The fourth-order valence-corrected chi connectivity index (χ4v) is 3.40. The predicted octanol–water partition coefficient (Wildman–Crippen LogP) is 1.13. The van der Waals surface area contributed by atoms with Crippen LogP contribution in [0.4, 0.5) is 5.69 Å². The Morgan fingerprint density at radius 2 is 1.92 bits per heavy atom. The molecule has 9 heteroatoms. The van der Waals surface area contributed by atoms with E-state index in [1.165, 1.54) is 36.6 Å². The first-order chi connectivity index (χ1) is 11.5. The molecule has 8 nitrogen and oxygen atoms in total. The topological polar surface area (TPSA) is 115 Å². The van der Waals surface area contributed by atoms with Crippen molar-refractivity contribution in [2.24, 2.45) is 0 Å². The van der Waals surface area contributed by atoms with Crippen LogP contribution < -0.4 is 10.0 Å². The smallest absolute Gasteiger partial charge is 0.324 e. The normalized spacial score (nSPS) is 17.5. The Morgan fingerprint density at radius 3 is 2.50 bits per heavy atom. The van der Waals surface area contributed by atoms with Gasteiger partial charge in [-0.2, -0.15) is 4.72 Å². The fourth-order valence-electron chi connectivity index (χ4n) is 2.18. The molecule has 2 heterocycles. The van der Waals surface area contributed by atoms with Crippen molar-refractivity contribution in [3.8, 4) is 0 Å². The summed E-state index contributed by atoms with van der Waals surface area (Å²) in [4.78, 5) is 23.2. The van der Waals surface area contributed by atoms with Crippen molar-refractivity contribution >= 4 is 27.6 Å². The van der Waals surface area contributed by atoms with Gasteiger partial charge in [-0.1, -0.05) is 0 Å². The fraction of sp³-hybridized carbons (Fsp3) is 0.200. The second kappa shape index (κ2) is 6.46. The van der Waals surface area contributed by atoms with E-state index in [0.717, 1.165) is 0 Å². The largest absolute Gasteiger partial charge is 0.464 e. The van der Waals surface area contributed by atoms with E-state index >= 15 is 0 Å². The first-order valence-electron chi connectivity index (χ1n) is 7.09. The highest BCUT2D eigenvalue weighted by Gasteiger charge is 2.31. The van der Waals surface area contributed by atoms with Crippen LogP contribution >= 0.6 is 0 Å². The number of hydrogen-bond acceptors (Lipinski definition) is 6. The third-order valence-electron chi connectivity index (χ3n) is 3.40. The lowest BCUT2D eigenvalue weighted by Gasteiger charge is -2.10. The number of furan rings is 1. The number of amides is 1. The monoisotopic (exact) mass is 350 g/mol. The molecule has 0 saturated carbocycles. The molecule has 1 fully saturated rings. The molecule has 1 aliphatic heterocycles. The van der Waals surface area contributed by atoms with Crippen molar-refractivity contribution in [2.75, 3.05) is 11.9 Å². The van der Waals surface area contributed by atoms with Gasteiger partial charge in [0.15, 0.2) is 5.76 Å². The van der Waals surface area contributed by atoms with Gasteiger partial charge in [0.1, 0.15) is 6.04 Å². The molecule has 2 aromatic rings. The second-order valence-corrected chi connectivity index (χ2v) is 6.80. The standard InChI is InChI=1S/C15H14N2O6S/c18-14(13-2-1-8-22-13)16-10-3-5-11(6-4-10)24(20,21)17-12-7-9-23-15(12)19/h1-6,8,12,17H,7,9H2,(H,16,18)/t12-/m0/s1. The molecule has 1 saturated heterocycles. The summed E-state index contributed by atoms with van der Waals surface area (Å²) in [7, 11) is -3.85. The number of sulfonamides is 1. The maximum Gasteiger partial charge on any atom is 0.324 e. The van der Waals surface area contributed by atoms with Crippen LogP contribution in [0.5, 0.6) is 0 Å². The molecule has 0 spiro atoms. The molecule has 1 aromatic heterocycles. The average molecular weight is 350 g/mol. The highest BCUT2D eigenvalue weighted by Crippen LogP contribution is 2.17. The van der Waals surface area contributed by atoms with Gasteiger partial charge in [0.05, 0.1) is 17.8 Å². The number of carbonyl (C=O) groups is 2. The number of nitrogens with one attached hydrogen (secondary N) is 2. The summed E-state index contributed by atoms with van der Waals surface area (Å²) in [6.45, 7) is 0.198. The first-order valence-corrected chi connectivity index (χ1v) is 8.58. The van der Waals surface area contributed by atoms with Gasteiger partial charge < -0.3 is 14.5 Å². The lowest BCUT2D eigenvalue weighted by molar-refractivity contribution is -0.139. The number of anilines is 1. The Balaban J connectivity index is 1.69. The van der Waals surface area contributed by atoms with E-state index in [0.29, 0.717) is 12.1 Å². The molecular formula is C15H14N2O6S. The summed E-state index contributed by atoms with van der Waals surface area (Å²) in [6.07, 6.45) is 1.68. The van der Waals surface area contributed by atoms with Crippen molar-refractivity contribution in [1.82, 2.24) is 4.72 Å². The number of ether oxygens (including phenoxy) is 1. The Labute approximate surface area is 137 Å². The molecule has 2 N–H and O–H groups in total. The van der Waals surface area contributed by atoms with Gasteiger partial charge in [0.25, 0.3) is 5.91 Å². The molecule has 0 radical (unpaired) electrons. The number of carbonyl (C=O) groups excluding carboxylic acids is 2. The molecule has 1 atom stereocenters. The van der Waals surface area contributed by atoms with Gasteiger partial charge in [-0.25, -0.2) is 8.42 Å². The number of esters is 1. The summed E-state index contributed by atoms with van der Waals surface area (Å²) in [6, 6.07) is 7.79. The zero-order valence-electron chi connectivity index (χ0n) is 12.4. The van der Waals surface area contributed by atoms with E-state index in [-0.39, 0.29) is 17.3 Å². The Kier molecular flexibility index (Phi) is 4.36. The van der Waals surface area contributed by atoms with Gasteiger partial charge in [0, 0.05) is 12.1 Å². The molecule has 0 unspecified atom stereocenters. The van der Waals surface area contributed by atoms with Crippen LogP contribution in [0.1, 0.15) is 17.0 Å². The van der Waals surface area contributed by atoms with Gasteiger partial charge in [-0.3, -0.25) is 9.59 Å². The van der Waals surface area contributed by atoms with Crippen molar-refractivity contribution in [2.45, 2.75) is 17.4 Å². The summed E-state index contributed by atoms with van der Waals surface area (Å²) in [5.41, 5.74) is 0.413. The molecule has 1 aliphatic rings. The maximum atomic E-state index is 12.2. The van der Waals surface area contributed by atoms with Gasteiger partial charge in [-0.05, 0) is 36.4 Å². The highest BCUT2D eigenvalue weighted by atomic mass is 32.2. The van der Waals surface area contributed by atoms with Gasteiger partial charge >= 0.3 is 5.97 Å². The summed E-state index contributed by atoms with van der Waals surface area (Å²) in [5, 5.41) is 2.58. The van der Waals surface area contributed by atoms with Crippen LogP contribution in [0.2, 0.25) is 0 Å². The van der Waals surface area contributed by atoms with Crippen molar-refractivity contribution in [3.05, 3.63) is 48.4 Å². The molecule has 24 heavy (non-hydrogen) atoms. The minimum Gasteiger partial charge on any atom is -0.464 e. The van der Waals surface area contributed by atoms with Crippen molar-refractivity contribution in [3.63, 3.8) is 0 Å². The van der Waals surface area contributed by atoms with E-state index in [4.69, 9.17) is 9.15 Å². The Morgan fingerprint density at radius 1 is 1.17 bits per heavy atom. The first kappa shape index (κ1) is 16.2. The van der Waals surface area contributed by atoms with Crippen LogP contribution in [-0.2, 0) is 19.6 Å². The number of rotatable bonds is 5. The third-order valence-corrected chi connectivity index (χ3v) is 4.89. The van der Waals surface area contributed by atoms with Crippen LogP contribution in [-0.4, -0.2) is 32.9 Å². The number of cyclic esters (lactones) is 1. The van der Waals surface area contributed by atoms with Crippen LogP contribution in [0.3, 0.4) is 0 Å². The van der Waals surface area contributed by atoms with Crippen molar-refractivity contribution in [1.29, 1.82) is 0 Å².